The lowest BCUT2D eigenvalue weighted by Gasteiger charge is -2.17. The standard InChI is InChI=1S/C14H16BrNO2/c1-7-5-9(15)6-8(2)10(7)11-12(17)14(3,4)16-13(11)18/h5-6,11H,1-4H3,(H,16,18)/t11-/m0/s1. The van der Waals surface area contributed by atoms with Crippen LogP contribution in [0.15, 0.2) is 16.6 Å². The first-order valence-corrected chi connectivity index (χ1v) is 6.66. The van der Waals surface area contributed by atoms with Crippen LogP contribution in [-0.2, 0) is 9.59 Å². The van der Waals surface area contributed by atoms with E-state index in [1.807, 2.05) is 26.0 Å². The topological polar surface area (TPSA) is 46.2 Å². The molecular weight excluding hydrogens is 294 g/mol. The van der Waals surface area contributed by atoms with E-state index in [2.05, 4.69) is 21.2 Å². The largest absolute Gasteiger partial charge is 0.343 e. The molecule has 1 aromatic carbocycles. The van der Waals surface area contributed by atoms with Crippen LogP contribution in [0.1, 0.15) is 36.5 Å². The molecule has 0 aliphatic carbocycles. The Morgan fingerprint density at radius 3 is 2.06 bits per heavy atom. The van der Waals surface area contributed by atoms with Crippen molar-refractivity contribution < 1.29 is 9.59 Å². The van der Waals surface area contributed by atoms with Crippen molar-refractivity contribution >= 4 is 27.6 Å². The van der Waals surface area contributed by atoms with Crippen LogP contribution < -0.4 is 5.32 Å². The second kappa shape index (κ2) is 4.19. The van der Waals surface area contributed by atoms with Crippen molar-refractivity contribution in [1.82, 2.24) is 5.32 Å². The van der Waals surface area contributed by atoms with Crippen LogP contribution in [0.4, 0.5) is 0 Å². The number of rotatable bonds is 1. The molecule has 0 aromatic heterocycles. The minimum absolute atomic E-state index is 0.0546. The Balaban J connectivity index is 2.57. The van der Waals surface area contributed by atoms with Gasteiger partial charge in [0.2, 0.25) is 5.91 Å². The van der Waals surface area contributed by atoms with Crippen LogP contribution in [0.2, 0.25) is 0 Å². The van der Waals surface area contributed by atoms with Crippen LogP contribution in [0.3, 0.4) is 0 Å². The van der Waals surface area contributed by atoms with Crippen LogP contribution >= 0.6 is 15.9 Å². The lowest BCUT2D eigenvalue weighted by molar-refractivity contribution is -0.125. The van der Waals surface area contributed by atoms with Crippen LogP contribution in [0, 0.1) is 13.8 Å². The first-order chi connectivity index (χ1) is 8.24. The summed E-state index contributed by atoms with van der Waals surface area (Å²) in [6, 6.07) is 3.88. The summed E-state index contributed by atoms with van der Waals surface area (Å²) < 4.78 is 0.964. The summed E-state index contributed by atoms with van der Waals surface area (Å²) in [5.41, 5.74) is 2.00. The molecule has 0 radical (unpaired) electrons. The SMILES string of the molecule is Cc1cc(Br)cc(C)c1[C@@H]1C(=O)NC(C)(C)C1=O. The maximum atomic E-state index is 12.3. The van der Waals surface area contributed by atoms with Gasteiger partial charge in [0.05, 0.1) is 5.54 Å². The summed E-state index contributed by atoms with van der Waals surface area (Å²) >= 11 is 3.42. The monoisotopic (exact) mass is 309 g/mol. The fraction of sp³-hybridized carbons (Fsp3) is 0.429. The zero-order valence-electron chi connectivity index (χ0n) is 10.9. The van der Waals surface area contributed by atoms with E-state index in [1.54, 1.807) is 13.8 Å². The summed E-state index contributed by atoms with van der Waals surface area (Å²) in [6.45, 7) is 7.35. The Morgan fingerprint density at radius 2 is 1.67 bits per heavy atom. The van der Waals surface area contributed by atoms with E-state index in [-0.39, 0.29) is 11.7 Å². The number of amides is 1. The van der Waals surface area contributed by atoms with E-state index in [0.29, 0.717) is 0 Å². The zero-order chi connectivity index (χ0) is 13.7. The van der Waals surface area contributed by atoms with Crippen molar-refractivity contribution in [3.8, 4) is 0 Å². The molecule has 1 saturated heterocycles. The normalized spacial score (nSPS) is 22.2. The molecule has 1 heterocycles. The van der Waals surface area contributed by atoms with Crippen molar-refractivity contribution in [3.05, 3.63) is 33.3 Å². The predicted octanol–water partition coefficient (Wildman–Crippen LogP) is 2.63. The Bertz CT molecular complexity index is 526. The Labute approximate surface area is 115 Å². The highest BCUT2D eigenvalue weighted by Crippen LogP contribution is 2.34. The maximum Gasteiger partial charge on any atom is 0.235 e. The summed E-state index contributed by atoms with van der Waals surface area (Å²) in [5.74, 6) is -0.923. The zero-order valence-corrected chi connectivity index (χ0v) is 12.5. The molecular formula is C14H16BrNO2. The third-order valence-corrected chi connectivity index (χ3v) is 3.88. The van der Waals surface area contributed by atoms with Crippen molar-refractivity contribution in [2.75, 3.05) is 0 Å². The van der Waals surface area contributed by atoms with Crippen molar-refractivity contribution in [3.63, 3.8) is 0 Å². The van der Waals surface area contributed by atoms with E-state index in [4.69, 9.17) is 0 Å². The van der Waals surface area contributed by atoms with Gasteiger partial charge in [-0.1, -0.05) is 15.9 Å². The molecule has 0 bridgehead atoms. The number of aryl methyl sites for hydroxylation is 2. The fourth-order valence-electron chi connectivity index (χ4n) is 2.56. The van der Waals surface area contributed by atoms with Gasteiger partial charge >= 0.3 is 0 Å². The molecule has 18 heavy (non-hydrogen) atoms. The molecule has 1 aromatic rings. The number of hydrogen-bond acceptors (Lipinski definition) is 2. The first kappa shape index (κ1) is 13.3. The van der Waals surface area contributed by atoms with Gasteiger partial charge in [0.15, 0.2) is 5.78 Å². The van der Waals surface area contributed by atoms with Crippen LogP contribution in [0.5, 0.6) is 0 Å². The number of carbonyl (C=O) groups is 2. The summed E-state index contributed by atoms with van der Waals surface area (Å²) in [5, 5.41) is 2.76. The van der Waals surface area contributed by atoms with Gasteiger partial charge in [0.1, 0.15) is 5.92 Å². The molecule has 0 unspecified atom stereocenters. The molecule has 1 aliphatic heterocycles. The molecule has 1 fully saturated rings. The number of carbonyl (C=O) groups excluding carboxylic acids is 2. The highest BCUT2D eigenvalue weighted by molar-refractivity contribution is 9.10. The smallest absolute Gasteiger partial charge is 0.235 e. The Kier molecular flexibility index (Phi) is 3.09. The lowest BCUT2D eigenvalue weighted by atomic mass is 9.85. The third-order valence-electron chi connectivity index (χ3n) is 3.42. The number of Topliss-reactive ketones (excluding diaryl/α,β-unsaturated/α-hetero) is 1. The van der Waals surface area contributed by atoms with Crippen molar-refractivity contribution in [2.24, 2.45) is 0 Å². The second-order valence-corrected chi connectivity index (χ2v) is 6.28. The highest BCUT2D eigenvalue weighted by Gasteiger charge is 2.47. The minimum Gasteiger partial charge on any atom is -0.343 e. The van der Waals surface area contributed by atoms with Gasteiger partial charge in [-0.3, -0.25) is 9.59 Å². The average molecular weight is 310 g/mol. The van der Waals surface area contributed by atoms with Gasteiger partial charge in [-0.2, -0.15) is 0 Å². The van der Waals surface area contributed by atoms with E-state index in [9.17, 15) is 9.59 Å². The van der Waals surface area contributed by atoms with Gasteiger partial charge in [0.25, 0.3) is 0 Å². The molecule has 2 rings (SSSR count). The van der Waals surface area contributed by atoms with E-state index in [0.717, 1.165) is 21.2 Å². The Morgan fingerprint density at radius 1 is 1.17 bits per heavy atom. The molecule has 3 nitrogen and oxygen atoms in total. The second-order valence-electron chi connectivity index (χ2n) is 5.36. The third kappa shape index (κ3) is 1.99. The molecule has 0 spiro atoms. The average Bonchev–Trinajstić information content (AvgIpc) is 2.38. The fourth-order valence-corrected chi connectivity index (χ4v) is 3.25. The first-order valence-electron chi connectivity index (χ1n) is 5.87. The number of ketones is 1. The lowest BCUT2D eigenvalue weighted by Crippen LogP contribution is -2.39. The Hall–Kier alpha value is -1.16. The van der Waals surface area contributed by atoms with E-state index in [1.165, 1.54) is 0 Å². The van der Waals surface area contributed by atoms with Crippen LogP contribution in [0.25, 0.3) is 0 Å². The van der Waals surface area contributed by atoms with E-state index >= 15 is 0 Å². The molecule has 1 aliphatic rings. The molecule has 4 heteroatoms. The summed E-state index contributed by atoms with van der Waals surface area (Å²) in [6.07, 6.45) is 0. The number of nitrogens with one attached hydrogen (secondary N) is 1. The molecule has 0 saturated carbocycles. The molecule has 1 N–H and O–H groups in total. The quantitative estimate of drug-likeness (QED) is 0.811. The number of hydrogen-bond donors (Lipinski definition) is 1. The van der Waals surface area contributed by atoms with Crippen molar-refractivity contribution in [2.45, 2.75) is 39.2 Å². The molecule has 1 atom stereocenters. The maximum absolute atomic E-state index is 12.3. The highest BCUT2D eigenvalue weighted by atomic mass is 79.9. The van der Waals surface area contributed by atoms with Gasteiger partial charge in [0, 0.05) is 4.47 Å². The van der Waals surface area contributed by atoms with Gasteiger partial charge in [-0.25, -0.2) is 0 Å². The van der Waals surface area contributed by atoms with Gasteiger partial charge < -0.3 is 5.32 Å². The number of benzene rings is 1. The van der Waals surface area contributed by atoms with Crippen LogP contribution in [-0.4, -0.2) is 17.2 Å². The predicted molar refractivity (Wildman–Crippen MR) is 73.6 cm³/mol. The van der Waals surface area contributed by atoms with Gasteiger partial charge in [-0.15, -0.1) is 0 Å². The number of halogens is 1. The summed E-state index contributed by atoms with van der Waals surface area (Å²) in [4.78, 5) is 24.4. The molecule has 96 valence electrons. The molecule has 1 amide bonds. The minimum atomic E-state index is -0.770. The van der Waals surface area contributed by atoms with E-state index < -0.39 is 11.5 Å². The van der Waals surface area contributed by atoms with Gasteiger partial charge in [-0.05, 0) is 56.5 Å². The van der Waals surface area contributed by atoms with Crippen molar-refractivity contribution in [1.29, 1.82) is 0 Å². The summed E-state index contributed by atoms with van der Waals surface area (Å²) in [7, 11) is 0.